The van der Waals surface area contributed by atoms with Crippen molar-refractivity contribution in [3.05, 3.63) is 41.9 Å². The average Bonchev–Trinajstić information content (AvgIpc) is 2.90. The maximum absolute atomic E-state index is 4.69. The van der Waals surface area contributed by atoms with Crippen LogP contribution in [0.1, 0.15) is 37.1 Å². The van der Waals surface area contributed by atoms with Crippen LogP contribution >= 0.6 is 0 Å². The second-order valence-electron chi connectivity index (χ2n) is 5.64. The molecular weight excluding hydrogens is 246 g/mol. The molecule has 1 aliphatic heterocycles. The average molecular weight is 269 g/mol. The van der Waals surface area contributed by atoms with Gasteiger partial charge in [0.2, 0.25) is 0 Å². The molecule has 2 heterocycles. The summed E-state index contributed by atoms with van der Waals surface area (Å²) in [4.78, 5) is 4.69. The highest BCUT2D eigenvalue weighted by Gasteiger charge is 2.20. The number of imidazole rings is 1. The molecule has 0 spiro atoms. The SMILES string of the molecule is CCc1ccc(-c2cnc(C3CCNCC3)n2C)cc1. The fourth-order valence-corrected chi connectivity index (χ4v) is 3.06. The quantitative estimate of drug-likeness (QED) is 0.928. The molecule has 3 heteroatoms. The lowest BCUT2D eigenvalue weighted by Gasteiger charge is -2.22. The molecule has 1 aliphatic rings. The first-order valence-corrected chi connectivity index (χ1v) is 7.61. The monoisotopic (exact) mass is 269 g/mol. The molecule has 20 heavy (non-hydrogen) atoms. The van der Waals surface area contributed by atoms with Gasteiger partial charge in [0.25, 0.3) is 0 Å². The molecule has 0 aliphatic carbocycles. The van der Waals surface area contributed by atoms with E-state index in [1.807, 2.05) is 6.20 Å². The lowest BCUT2D eigenvalue weighted by Crippen LogP contribution is -2.27. The normalized spacial score (nSPS) is 16.5. The number of piperidine rings is 1. The van der Waals surface area contributed by atoms with Crippen molar-refractivity contribution in [1.82, 2.24) is 14.9 Å². The van der Waals surface area contributed by atoms with Crippen molar-refractivity contribution in [2.75, 3.05) is 13.1 Å². The van der Waals surface area contributed by atoms with Gasteiger partial charge in [0.1, 0.15) is 5.82 Å². The van der Waals surface area contributed by atoms with Gasteiger partial charge in [0.05, 0.1) is 11.9 Å². The number of hydrogen-bond donors (Lipinski definition) is 1. The Kier molecular flexibility index (Phi) is 3.88. The van der Waals surface area contributed by atoms with E-state index < -0.39 is 0 Å². The zero-order valence-corrected chi connectivity index (χ0v) is 12.4. The summed E-state index contributed by atoms with van der Waals surface area (Å²) >= 11 is 0. The van der Waals surface area contributed by atoms with Crippen LogP contribution in [0.4, 0.5) is 0 Å². The second kappa shape index (κ2) is 5.80. The third kappa shape index (κ3) is 2.50. The number of aromatic nitrogens is 2. The van der Waals surface area contributed by atoms with E-state index in [0.29, 0.717) is 5.92 Å². The highest BCUT2D eigenvalue weighted by atomic mass is 15.1. The van der Waals surface area contributed by atoms with E-state index in [9.17, 15) is 0 Å². The molecule has 0 radical (unpaired) electrons. The van der Waals surface area contributed by atoms with E-state index in [0.717, 1.165) is 19.5 Å². The highest BCUT2D eigenvalue weighted by molar-refractivity contribution is 5.59. The summed E-state index contributed by atoms with van der Waals surface area (Å²) in [6.45, 7) is 4.41. The van der Waals surface area contributed by atoms with Crippen molar-refractivity contribution in [1.29, 1.82) is 0 Å². The Bertz CT molecular complexity index is 562. The van der Waals surface area contributed by atoms with Crippen LogP contribution in [-0.4, -0.2) is 22.6 Å². The number of aryl methyl sites for hydroxylation is 1. The Morgan fingerprint density at radius 2 is 1.90 bits per heavy atom. The minimum atomic E-state index is 0.602. The van der Waals surface area contributed by atoms with E-state index in [1.54, 1.807) is 0 Å². The summed E-state index contributed by atoms with van der Waals surface area (Å²) in [6.07, 6.45) is 5.50. The number of benzene rings is 1. The van der Waals surface area contributed by atoms with Gasteiger partial charge in [-0.15, -0.1) is 0 Å². The van der Waals surface area contributed by atoms with E-state index in [1.165, 1.54) is 35.5 Å². The molecule has 0 saturated carbocycles. The molecule has 1 fully saturated rings. The minimum absolute atomic E-state index is 0.602. The molecule has 1 saturated heterocycles. The van der Waals surface area contributed by atoms with Gasteiger partial charge in [-0.2, -0.15) is 0 Å². The van der Waals surface area contributed by atoms with Crippen LogP contribution in [0.5, 0.6) is 0 Å². The van der Waals surface area contributed by atoms with Crippen LogP contribution in [0, 0.1) is 0 Å². The zero-order valence-electron chi connectivity index (χ0n) is 12.4. The predicted molar refractivity (Wildman–Crippen MR) is 82.9 cm³/mol. The predicted octanol–water partition coefficient (Wildman–Crippen LogP) is 3.12. The Morgan fingerprint density at radius 1 is 1.20 bits per heavy atom. The van der Waals surface area contributed by atoms with Crippen molar-refractivity contribution in [3.63, 3.8) is 0 Å². The Labute approximate surface area is 121 Å². The summed E-state index contributed by atoms with van der Waals surface area (Å²) in [7, 11) is 2.15. The molecule has 0 bridgehead atoms. The van der Waals surface area contributed by atoms with Gasteiger partial charge in [-0.3, -0.25) is 0 Å². The molecule has 106 valence electrons. The summed E-state index contributed by atoms with van der Waals surface area (Å²) in [6, 6.07) is 8.85. The van der Waals surface area contributed by atoms with Crippen molar-refractivity contribution in [3.8, 4) is 11.3 Å². The van der Waals surface area contributed by atoms with Gasteiger partial charge in [-0.25, -0.2) is 4.98 Å². The molecule has 0 unspecified atom stereocenters. The van der Waals surface area contributed by atoms with Crippen LogP contribution in [0.2, 0.25) is 0 Å². The molecule has 1 N–H and O–H groups in total. The van der Waals surface area contributed by atoms with E-state index in [4.69, 9.17) is 4.98 Å². The van der Waals surface area contributed by atoms with Gasteiger partial charge < -0.3 is 9.88 Å². The first kappa shape index (κ1) is 13.4. The number of nitrogens with one attached hydrogen (secondary N) is 1. The number of hydrogen-bond acceptors (Lipinski definition) is 2. The van der Waals surface area contributed by atoms with Crippen LogP contribution < -0.4 is 5.32 Å². The van der Waals surface area contributed by atoms with Gasteiger partial charge in [0, 0.05) is 13.0 Å². The molecule has 0 atom stereocenters. The third-order valence-electron chi connectivity index (χ3n) is 4.39. The second-order valence-corrected chi connectivity index (χ2v) is 5.64. The van der Waals surface area contributed by atoms with E-state index in [2.05, 4.69) is 48.1 Å². The molecule has 0 amide bonds. The standard InChI is InChI=1S/C17H23N3/c1-3-13-4-6-14(7-5-13)16-12-19-17(20(16)2)15-8-10-18-11-9-15/h4-7,12,15,18H,3,8-11H2,1-2H3. The number of rotatable bonds is 3. The van der Waals surface area contributed by atoms with Crippen molar-refractivity contribution < 1.29 is 0 Å². The van der Waals surface area contributed by atoms with E-state index in [-0.39, 0.29) is 0 Å². The molecule has 1 aromatic carbocycles. The smallest absolute Gasteiger partial charge is 0.112 e. The maximum atomic E-state index is 4.69. The lowest BCUT2D eigenvalue weighted by molar-refractivity contribution is 0.437. The van der Waals surface area contributed by atoms with Crippen LogP contribution in [0.3, 0.4) is 0 Å². The van der Waals surface area contributed by atoms with Gasteiger partial charge >= 0.3 is 0 Å². The van der Waals surface area contributed by atoms with Gasteiger partial charge in [-0.05, 0) is 43.5 Å². The van der Waals surface area contributed by atoms with Crippen molar-refractivity contribution in [2.45, 2.75) is 32.1 Å². The van der Waals surface area contributed by atoms with Crippen LogP contribution in [0.25, 0.3) is 11.3 Å². The molecule has 3 nitrogen and oxygen atoms in total. The molecule has 1 aromatic heterocycles. The molecule has 2 aromatic rings. The third-order valence-corrected chi connectivity index (χ3v) is 4.39. The maximum Gasteiger partial charge on any atom is 0.112 e. The molecule has 3 rings (SSSR count). The largest absolute Gasteiger partial charge is 0.331 e. The minimum Gasteiger partial charge on any atom is -0.331 e. The summed E-state index contributed by atoms with van der Waals surface area (Å²) in [5, 5.41) is 3.42. The Balaban J connectivity index is 1.88. The van der Waals surface area contributed by atoms with Crippen molar-refractivity contribution >= 4 is 0 Å². The fraction of sp³-hybridized carbons (Fsp3) is 0.471. The van der Waals surface area contributed by atoms with E-state index >= 15 is 0 Å². The topological polar surface area (TPSA) is 29.9 Å². The Morgan fingerprint density at radius 3 is 2.55 bits per heavy atom. The first-order chi connectivity index (χ1) is 9.79. The van der Waals surface area contributed by atoms with Crippen LogP contribution in [0.15, 0.2) is 30.5 Å². The highest BCUT2D eigenvalue weighted by Crippen LogP contribution is 2.28. The summed E-state index contributed by atoms with van der Waals surface area (Å²) < 4.78 is 2.27. The number of nitrogens with zero attached hydrogens (tertiary/aromatic N) is 2. The van der Waals surface area contributed by atoms with Crippen LogP contribution in [-0.2, 0) is 13.5 Å². The fourth-order valence-electron chi connectivity index (χ4n) is 3.06. The van der Waals surface area contributed by atoms with Gasteiger partial charge in [-0.1, -0.05) is 31.2 Å². The summed E-state index contributed by atoms with van der Waals surface area (Å²) in [5.74, 6) is 1.84. The summed E-state index contributed by atoms with van der Waals surface area (Å²) in [5.41, 5.74) is 3.87. The van der Waals surface area contributed by atoms with Gasteiger partial charge in [0.15, 0.2) is 0 Å². The first-order valence-electron chi connectivity index (χ1n) is 7.61. The zero-order chi connectivity index (χ0) is 13.9. The Hall–Kier alpha value is -1.61. The van der Waals surface area contributed by atoms with Crippen molar-refractivity contribution in [2.24, 2.45) is 7.05 Å². The molecular formula is C17H23N3. The lowest BCUT2D eigenvalue weighted by atomic mass is 9.97.